The van der Waals surface area contributed by atoms with Gasteiger partial charge in [0.05, 0.1) is 11.4 Å². The predicted octanol–water partition coefficient (Wildman–Crippen LogP) is 0.978. The highest BCUT2D eigenvalue weighted by molar-refractivity contribution is 7.89. The summed E-state index contributed by atoms with van der Waals surface area (Å²) < 4.78 is 26.9. The van der Waals surface area contributed by atoms with E-state index in [-0.39, 0.29) is 16.7 Å². The molecule has 2 aromatic carbocycles. The molecule has 2 saturated heterocycles. The van der Waals surface area contributed by atoms with Gasteiger partial charge in [-0.25, -0.2) is 8.42 Å². The molecule has 170 valence electrons. The standard InChI is InChI=1S/C23H28N4O4S/c28-22(19-24-11-13-26(14-12-24)23(29)20-7-3-1-4-8-20)25-15-17-27(18-16-25)32(30,31)21-9-5-2-6-10-21/h1-10H,11-19H2. The van der Waals surface area contributed by atoms with Crippen LogP contribution in [0.2, 0.25) is 0 Å². The molecule has 9 heteroatoms. The van der Waals surface area contributed by atoms with Gasteiger partial charge >= 0.3 is 0 Å². The van der Waals surface area contributed by atoms with Gasteiger partial charge in [0, 0.05) is 57.9 Å². The van der Waals surface area contributed by atoms with Crippen LogP contribution in [0.15, 0.2) is 65.6 Å². The van der Waals surface area contributed by atoms with Gasteiger partial charge < -0.3 is 9.80 Å². The quantitative estimate of drug-likeness (QED) is 0.670. The summed E-state index contributed by atoms with van der Waals surface area (Å²) in [5, 5.41) is 0. The van der Waals surface area contributed by atoms with Crippen LogP contribution in [0.3, 0.4) is 0 Å². The number of nitrogens with zero attached hydrogens (tertiary/aromatic N) is 4. The maximum atomic E-state index is 12.8. The second-order valence-corrected chi connectivity index (χ2v) is 9.97. The number of amides is 2. The highest BCUT2D eigenvalue weighted by atomic mass is 32.2. The molecule has 32 heavy (non-hydrogen) atoms. The summed E-state index contributed by atoms with van der Waals surface area (Å²) in [5.41, 5.74) is 0.681. The van der Waals surface area contributed by atoms with Gasteiger partial charge in [0.25, 0.3) is 5.91 Å². The van der Waals surface area contributed by atoms with Crippen molar-refractivity contribution in [2.75, 3.05) is 58.9 Å². The molecular weight excluding hydrogens is 428 g/mol. The summed E-state index contributed by atoms with van der Waals surface area (Å²) in [4.78, 5) is 31.2. The fourth-order valence-electron chi connectivity index (χ4n) is 4.08. The Morgan fingerprint density at radius 1 is 0.688 bits per heavy atom. The van der Waals surface area contributed by atoms with E-state index in [1.165, 1.54) is 4.31 Å². The van der Waals surface area contributed by atoms with E-state index in [0.29, 0.717) is 64.5 Å². The van der Waals surface area contributed by atoms with Crippen molar-refractivity contribution >= 4 is 21.8 Å². The minimum Gasteiger partial charge on any atom is -0.339 e. The summed E-state index contributed by atoms with van der Waals surface area (Å²) in [6.07, 6.45) is 0. The van der Waals surface area contributed by atoms with Crippen LogP contribution in [-0.4, -0.2) is 98.1 Å². The average molecular weight is 457 g/mol. The molecule has 0 unspecified atom stereocenters. The summed E-state index contributed by atoms with van der Waals surface area (Å²) >= 11 is 0. The molecule has 4 rings (SSSR count). The van der Waals surface area contributed by atoms with Crippen molar-refractivity contribution < 1.29 is 18.0 Å². The Kier molecular flexibility index (Phi) is 6.88. The molecule has 2 aliphatic heterocycles. The Labute approximate surface area is 189 Å². The SMILES string of the molecule is O=C(CN1CCN(C(=O)c2ccccc2)CC1)N1CCN(S(=O)(=O)c2ccccc2)CC1. The van der Waals surface area contributed by atoms with E-state index in [0.717, 1.165) is 0 Å². The number of carbonyl (C=O) groups is 2. The van der Waals surface area contributed by atoms with Crippen LogP contribution < -0.4 is 0 Å². The van der Waals surface area contributed by atoms with Crippen LogP contribution in [0.25, 0.3) is 0 Å². The number of carbonyl (C=O) groups excluding carboxylic acids is 2. The van der Waals surface area contributed by atoms with Crippen molar-refractivity contribution in [1.29, 1.82) is 0 Å². The van der Waals surface area contributed by atoms with Crippen LogP contribution >= 0.6 is 0 Å². The number of sulfonamides is 1. The summed E-state index contributed by atoms with van der Waals surface area (Å²) in [5.74, 6) is 0.0249. The highest BCUT2D eigenvalue weighted by Crippen LogP contribution is 2.17. The fraction of sp³-hybridized carbons (Fsp3) is 0.391. The molecule has 8 nitrogen and oxygen atoms in total. The van der Waals surface area contributed by atoms with Crippen molar-refractivity contribution in [3.05, 3.63) is 66.2 Å². The first kappa shape index (κ1) is 22.4. The Morgan fingerprint density at radius 3 is 1.81 bits per heavy atom. The zero-order valence-electron chi connectivity index (χ0n) is 18.0. The normalized spacial score (nSPS) is 18.5. The van der Waals surface area contributed by atoms with Crippen LogP contribution in [-0.2, 0) is 14.8 Å². The lowest BCUT2D eigenvalue weighted by Crippen LogP contribution is -2.55. The topological polar surface area (TPSA) is 81.2 Å². The maximum absolute atomic E-state index is 12.8. The van der Waals surface area contributed by atoms with Crippen molar-refractivity contribution in [3.8, 4) is 0 Å². The van der Waals surface area contributed by atoms with E-state index in [4.69, 9.17) is 0 Å². The van der Waals surface area contributed by atoms with E-state index in [2.05, 4.69) is 4.90 Å². The second kappa shape index (κ2) is 9.81. The molecule has 0 saturated carbocycles. The van der Waals surface area contributed by atoms with E-state index in [1.54, 1.807) is 35.2 Å². The molecule has 0 spiro atoms. The Bertz CT molecular complexity index is 1030. The first-order valence-corrected chi connectivity index (χ1v) is 12.3. The maximum Gasteiger partial charge on any atom is 0.253 e. The first-order valence-electron chi connectivity index (χ1n) is 10.8. The lowest BCUT2D eigenvalue weighted by Gasteiger charge is -2.37. The molecule has 0 N–H and O–H groups in total. The van der Waals surface area contributed by atoms with Crippen LogP contribution in [0, 0.1) is 0 Å². The summed E-state index contributed by atoms with van der Waals surface area (Å²) in [6.45, 7) is 4.12. The lowest BCUT2D eigenvalue weighted by molar-refractivity contribution is -0.133. The minimum absolute atomic E-state index is 0.00425. The van der Waals surface area contributed by atoms with E-state index < -0.39 is 10.0 Å². The number of benzene rings is 2. The molecule has 0 aromatic heterocycles. The van der Waals surface area contributed by atoms with E-state index >= 15 is 0 Å². The van der Waals surface area contributed by atoms with E-state index in [9.17, 15) is 18.0 Å². The Balaban J connectivity index is 1.24. The van der Waals surface area contributed by atoms with Gasteiger partial charge in [0.2, 0.25) is 15.9 Å². The molecule has 2 aliphatic rings. The van der Waals surface area contributed by atoms with Crippen LogP contribution in [0.1, 0.15) is 10.4 Å². The van der Waals surface area contributed by atoms with Gasteiger partial charge in [-0.2, -0.15) is 4.31 Å². The largest absolute Gasteiger partial charge is 0.339 e. The van der Waals surface area contributed by atoms with Crippen molar-refractivity contribution in [2.45, 2.75) is 4.90 Å². The van der Waals surface area contributed by atoms with Crippen LogP contribution in [0.4, 0.5) is 0 Å². The molecule has 2 fully saturated rings. The monoisotopic (exact) mass is 456 g/mol. The first-order chi connectivity index (χ1) is 15.4. The number of hydrogen-bond donors (Lipinski definition) is 0. The van der Waals surface area contributed by atoms with Crippen LogP contribution in [0.5, 0.6) is 0 Å². The molecule has 0 aliphatic carbocycles. The smallest absolute Gasteiger partial charge is 0.253 e. The zero-order valence-corrected chi connectivity index (χ0v) is 18.8. The molecule has 2 amide bonds. The number of hydrogen-bond acceptors (Lipinski definition) is 5. The Morgan fingerprint density at radius 2 is 1.22 bits per heavy atom. The zero-order chi connectivity index (χ0) is 22.6. The highest BCUT2D eigenvalue weighted by Gasteiger charge is 2.31. The van der Waals surface area contributed by atoms with Gasteiger partial charge in [-0.05, 0) is 24.3 Å². The van der Waals surface area contributed by atoms with Gasteiger partial charge in [-0.1, -0.05) is 36.4 Å². The number of piperazine rings is 2. The minimum atomic E-state index is -3.53. The van der Waals surface area contributed by atoms with Gasteiger partial charge in [-0.15, -0.1) is 0 Å². The molecular formula is C23H28N4O4S. The molecule has 2 aromatic rings. The third-order valence-corrected chi connectivity index (χ3v) is 7.92. The molecule has 0 atom stereocenters. The van der Waals surface area contributed by atoms with E-state index in [1.807, 2.05) is 35.2 Å². The van der Waals surface area contributed by atoms with Gasteiger partial charge in [-0.3, -0.25) is 14.5 Å². The third-order valence-electron chi connectivity index (χ3n) is 6.01. The lowest BCUT2D eigenvalue weighted by atomic mass is 10.2. The van der Waals surface area contributed by atoms with Crippen molar-refractivity contribution in [2.24, 2.45) is 0 Å². The average Bonchev–Trinajstić information content (AvgIpc) is 2.85. The number of rotatable bonds is 5. The van der Waals surface area contributed by atoms with Gasteiger partial charge in [0.1, 0.15) is 0 Å². The van der Waals surface area contributed by atoms with Gasteiger partial charge in [0.15, 0.2) is 0 Å². The second-order valence-electron chi connectivity index (χ2n) is 8.03. The molecule has 0 bridgehead atoms. The fourth-order valence-corrected chi connectivity index (χ4v) is 5.53. The summed E-state index contributed by atoms with van der Waals surface area (Å²) in [6, 6.07) is 17.6. The summed E-state index contributed by atoms with van der Waals surface area (Å²) in [7, 11) is -3.53. The third kappa shape index (κ3) is 5.01. The Hall–Kier alpha value is -2.75. The van der Waals surface area contributed by atoms with Crippen molar-refractivity contribution in [3.63, 3.8) is 0 Å². The van der Waals surface area contributed by atoms with Crippen molar-refractivity contribution in [1.82, 2.24) is 19.0 Å². The molecule has 0 radical (unpaired) electrons. The molecule has 2 heterocycles. The predicted molar refractivity (Wildman–Crippen MR) is 121 cm³/mol.